The molecule has 0 spiro atoms. The minimum Gasteiger partial charge on any atom is -0.384 e. The minimum absolute atomic E-state index is 0.208. The number of nitrogens with one attached hydrogen (secondary N) is 1. The van der Waals surface area contributed by atoms with E-state index in [0.29, 0.717) is 29.6 Å². The van der Waals surface area contributed by atoms with Crippen molar-refractivity contribution in [1.82, 2.24) is 9.97 Å². The number of nitrogens with two attached hydrogens (primary N) is 1. The molecule has 0 saturated carbocycles. The molecule has 0 aliphatic carbocycles. The molecule has 0 amide bonds. The number of aryl methyl sites for hydroxylation is 1. The van der Waals surface area contributed by atoms with Gasteiger partial charge in [0.15, 0.2) is 0 Å². The Balaban J connectivity index is 2.32. The summed E-state index contributed by atoms with van der Waals surface area (Å²) in [5, 5.41) is 12.0. The molecule has 0 saturated heterocycles. The maximum absolute atomic E-state index is 13.1. The number of hydrogen-bond donors (Lipinski definition) is 2. The van der Waals surface area contributed by atoms with Gasteiger partial charge in [0.1, 0.15) is 29.3 Å². The summed E-state index contributed by atoms with van der Waals surface area (Å²) in [7, 11) is 0. The van der Waals surface area contributed by atoms with Crippen molar-refractivity contribution in [2.75, 3.05) is 11.1 Å². The van der Waals surface area contributed by atoms with Gasteiger partial charge in [0.05, 0.1) is 11.3 Å². The highest BCUT2D eigenvalue weighted by Crippen LogP contribution is 2.21. The zero-order chi connectivity index (χ0) is 14.5. The Morgan fingerprint density at radius 2 is 2.15 bits per heavy atom. The molecule has 0 unspecified atom stereocenters. The maximum atomic E-state index is 13.1. The largest absolute Gasteiger partial charge is 0.384 e. The molecule has 20 heavy (non-hydrogen) atoms. The molecule has 1 heterocycles. The first kappa shape index (κ1) is 13.7. The van der Waals surface area contributed by atoms with Gasteiger partial charge in [-0.2, -0.15) is 5.26 Å². The lowest BCUT2D eigenvalue weighted by molar-refractivity contribution is 0.627. The fourth-order valence-corrected chi connectivity index (χ4v) is 1.77. The molecule has 2 rings (SSSR count). The third kappa shape index (κ3) is 3.20. The van der Waals surface area contributed by atoms with Crippen LogP contribution in [0.3, 0.4) is 0 Å². The Hall–Kier alpha value is -2.68. The number of nitrogens with zero attached hydrogens (tertiary/aromatic N) is 3. The van der Waals surface area contributed by atoms with E-state index in [0.717, 1.165) is 6.42 Å². The summed E-state index contributed by atoms with van der Waals surface area (Å²) in [5.41, 5.74) is 6.41. The SMILES string of the molecule is CCCc1nc(N)cc(Nc2ccc(F)cc2C#N)n1. The Kier molecular flexibility index (Phi) is 4.11. The monoisotopic (exact) mass is 271 g/mol. The van der Waals surface area contributed by atoms with Gasteiger partial charge < -0.3 is 11.1 Å². The summed E-state index contributed by atoms with van der Waals surface area (Å²) in [6, 6.07) is 7.44. The van der Waals surface area contributed by atoms with E-state index < -0.39 is 5.82 Å². The highest BCUT2D eigenvalue weighted by atomic mass is 19.1. The van der Waals surface area contributed by atoms with Crippen LogP contribution in [0.2, 0.25) is 0 Å². The lowest BCUT2D eigenvalue weighted by Crippen LogP contribution is -2.04. The molecule has 0 fully saturated rings. The average Bonchev–Trinajstić information content (AvgIpc) is 2.40. The number of aromatic nitrogens is 2. The van der Waals surface area contributed by atoms with Crippen LogP contribution in [0.15, 0.2) is 24.3 Å². The first-order chi connectivity index (χ1) is 9.62. The Bertz CT molecular complexity index is 663. The number of nitrogen functional groups attached to an aromatic ring is 1. The van der Waals surface area contributed by atoms with E-state index in [-0.39, 0.29) is 5.56 Å². The second-order valence-electron chi connectivity index (χ2n) is 4.27. The standard InChI is InChI=1S/C14H14FN5/c1-2-3-13-19-12(17)7-14(20-13)18-11-5-4-10(15)6-9(11)8-16/h4-7H,2-3H2,1H3,(H3,17,18,19,20). The van der Waals surface area contributed by atoms with Crippen LogP contribution >= 0.6 is 0 Å². The van der Waals surface area contributed by atoms with E-state index in [1.807, 2.05) is 13.0 Å². The first-order valence-electron chi connectivity index (χ1n) is 6.22. The number of rotatable bonds is 4. The Labute approximate surface area is 116 Å². The maximum Gasteiger partial charge on any atom is 0.136 e. The van der Waals surface area contributed by atoms with E-state index in [2.05, 4.69) is 15.3 Å². The molecular formula is C14H14FN5. The summed E-state index contributed by atoms with van der Waals surface area (Å²) in [6.45, 7) is 2.02. The number of anilines is 3. The normalized spacial score (nSPS) is 10.1. The molecular weight excluding hydrogens is 257 g/mol. The second-order valence-corrected chi connectivity index (χ2v) is 4.27. The van der Waals surface area contributed by atoms with E-state index >= 15 is 0 Å². The minimum atomic E-state index is -0.457. The van der Waals surface area contributed by atoms with Crippen LogP contribution in [0, 0.1) is 17.1 Å². The van der Waals surface area contributed by atoms with Crippen LogP contribution in [0.1, 0.15) is 24.7 Å². The van der Waals surface area contributed by atoms with E-state index in [9.17, 15) is 4.39 Å². The highest BCUT2D eigenvalue weighted by Gasteiger charge is 2.07. The average molecular weight is 271 g/mol. The van der Waals surface area contributed by atoms with Gasteiger partial charge in [-0.3, -0.25) is 0 Å². The quantitative estimate of drug-likeness (QED) is 0.892. The molecule has 2 aromatic rings. The fourth-order valence-electron chi connectivity index (χ4n) is 1.77. The van der Waals surface area contributed by atoms with Gasteiger partial charge in [-0.25, -0.2) is 14.4 Å². The fraction of sp³-hybridized carbons (Fsp3) is 0.214. The number of benzene rings is 1. The zero-order valence-corrected chi connectivity index (χ0v) is 11.0. The lowest BCUT2D eigenvalue weighted by Gasteiger charge is -2.09. The van der Waals surface area contributed by atoms with Crippen LogP contribution in [0.5, 0.6) is 0 Å². The van der Waals surface area contributed by atoms with Crippen LogP contribution < -0.4 is 11.1 Å². The summed E-state index contributed by atoms with van der Waals surface area (Å²) in [6.07, 6.45) is 1.62. The highest BCUT2D eigenvalue weighted by molar-refractivity contribution is 5.65. The van der Waals surface area contributed by atoms with Crippen LogP contribution in [-0.2, 0) is 6.42 Å². The van der Waals surface area contributed by atoms with Crippen molar-refractivity contribution in [3.8, 4) is 6.07 Å². The van der Waals surface area contributed by atoms with E-state index in [4.69, 9.17) is 11.0 Å². The molecule has 5 nitrogen and oxygen atoms in total. The van der Waals surface area contributed by atoms with Crippen molar-refractivity contribution in [2.45, 2.75) is 19.8 Å². The van der Waals surface area contributed by atoms with E-state index in [1.54, 1.807) is 6.07 Å². The first-order valence-corrected chi connectivity index (χ1v) is 6.22. The van der Waals surface area contributed by atoms with Gasteiger partial charge >= 0.3 is 0 Å². The van der Waals surface area contributed by atoms with Crippen LogP contribution in [-0.4, -0.2) is 9.97 Å². The molecule has 1 aromatic carbocycles. The molecule has 0 aliphatic heterocycles. The topological polar surface area (TPSA) is 87.6 Å². The van der Waals surface area contributed by atoms with Gasteiger partial charge in [0, 0.05) is 12.5 Å². The zero-order valence-electron chi connectivity index (χ0n) is 11.0. The smallest absolute Gasteiger partial charge is 0.136 e. The predicted octanol–water partition coefficient (Wildman–Crippen LogP) is 2.77. The molecule has 0 atom stereocenters. The number of halogens is 1. The van der Waals surface area contributed by atoms with Crippen LogP contribution in [0.4, 0.5) is 21.7 Å². The van der Waals surface area contributed by atoms with Crippen LogP contribution in [0.25, 0.3) is 0 Å². The van der Waals surface area contributed by atoms with Gasteiger partial charge in [0.2, 0.25) is 0 Å². The second kappa shape index (κ2) is 5.97. The molecule has 0 radical (unpaired) electrons. The number of hydrogen-bond acceptors (Lipinski definition) is 5. The molecule has 0 aliphatic rings. The third-order valence-corrected chi connectivity index (χ3v) is 2.63. The van der Waals surface area contributed by atoms with Gasteiger partial charge in [-0.1, -0.05) is 6.92 Å². The van der Waals surface area contributed by atoms with Crippen molar-refractivity contribution in [1.29, 1.82) is 5.26 Å². The van der Waals surface area contributed by atoms with Crippen molar-refractivity contribution < 1.29 is 4.39 Å². The summed E-state index contributed by atoms with van der Waals surface area (Å²) in [5.74, 6) is 1.02. The van der Waals surface area contributed by atoms with Crippen molar-refractivity contribution >= 4 is 17.3 Å². The molecule has 1 aromatic heterocycles. The molecule has 6 heteroatoms. The third-order valence-electron chi connectivity index (χ3n) is 2.63. The predicted molar refractivity (Wildman–Crippen MR) is 74.8 cm³/mol. The van der Waals surface area contributed by atoms with Crippen molar-refractivity contribution in [3.05, 3.63) is 41.5 Å². The van der Waals surface area contributed by atoms with Gasteiger partial charge in [-0.05, 0) is 24.6 Å². The molecule has 102 valence electrons. The van der Waals surface area contributed by atoms with Crippen molar-refractivity contribution in [3.63, 3.8) is 0 Å². The van der Waals surface area contributed by atoms with E-state index in [1.165, 1.54) is 18.2 Å². The Morgan fingerprint density at radius 3 is 2.85 bits per heavy atom. The summed E-state index contributed by atoms with van der Waals surface area (Å²) >= 11 is 0. The molecule has 0 bridgehead atoms. The van der Waals surface area contributed by atoms with Gasteiger partial charge in [-0.15, -0.1) is 0 Å². The number of nitriles is 1. The van der Waals surface area contributed by atoms with Crippen molar-refractivity contribution in [2.24, 2.45) is 0 Å². The van der Waals surface area contributed by atoms with Gasteiger partial charge in [0.25, 0.3) is 0 Å². The summed E-state index contributed by atoms with van der Waals surface area (Å²) in [4.78, 5) is 8.43. The molecule has 3 N–H and O–H groups in total. The Morgan fingerprint density at radius 1 is 1.35 bits per heavy atom. The lowest BCUT2D eigenvalue weighted by atomic mass is 10.2. The summed E-state index contributed by atoms with van der Waals surface area (Å²) < 4.78 is 13.1.